The fraction of sp³-hybridized carbons (Fsp3) is 0.0189. The van der Waals surface area contributed by atoms with Crippen molar-refractivity contribution in [3.8, 4) is 55.6 Å². The molecule has 0 N–H and O–H groups in total. The molecule has 11 aromatic rings. The van der Waals surface area contributed by atoms with Crippen molar-refractivity contribution in [3.63, 3.8) is 0 Å². The second kappa shape index (κ2) is 13.3. The molecule has 6 heteroatoms. The molecule has 3 heterocycles. The Balaban J connectivity index is 1.09. The van der Waals surface area contributed by atoms with Gasteiger partial charge in [0.1, 0.15) is 21.6 Å². The highest BCUT2D eigenvalue weighted by atomic mass is 32.1. The summed E-state index contributed by atoms with van der Waals surface area (Å²) in [7, 11) is 0. The van der Waals surface area contributed by atoms with Crippen LogP contribution < -0.4 is 0 Å². The van der Waals surface area contributed by atoms with Gasteiger partial charge in [0.2, 0.25) is 0 Å². The van der Waals surface area contributed by atoms with Crippen LogP contribution in [0.5, 0.6) is 0 Å². The van der Waals surface area contributed by atoms with Crippen molar-refractivity contribution in [2.75, 3.05) is 0 Å². The van der Waals surface area contributed by atoms with E-state index in [1.165, 1.54) is 11.1 Å². The number of nitrogens with zero attached hydrogens (tertiary/aromatic N) is 4. The molecule has 0 unspecified atom stereocenters. The second-order valence-electron chi connectivity index (χ2n) is 14.9. The van der Waals surface area contributed by atoms with Crippen molar-refractivity contribution in [3.05, 3.63) is 217 Å². The molecule has 12 rings (SSSR count). The number of thiazole rings is 1. The SMILES string of the molecule is c1ccc(-c2nc(-c3cccc4oc5ccc(-c6ccc7sc(-c8ccccc8)nc7c6)cc5c34)nc(C3(c4ccccc4)c4ccccc4-c4ccccc43)n2)cc1. The van der Waals surface area contributed by atoms with Crippen LogP contribution in [0.15, 0.2) is 199 Å². The predicted octanol–water partition coefficient (Wildman–Crippen LogP) is 13.4. The lowest BCUT2D eigenvalue weighted by atomic mass is 9.71. The van der Waals surface area contributed by atoms with Crippen LogP contribution in [0, 0.1) is 0 Å². The lowest BCUT2D eigenvalue weighted by Crippen LogP contribution is -2.31. The molecule has 0 fully saturated rings. The molecule has 1 aliphatic carbocycles. The highest BCUT2D eigenvalue weighted by molar-refractivity contribution is 7.21. The van der Waals surface area contributed by atoms with Gasteiger partial charge >= 0.3 is 0 Å². The third kappa shape index (κ3) is 5.23. The third-order valence-electron chi connectivity index (χ3n) is 11.6. The Hall–Kier alpha value is -7.54. The smallest absolute Gasteiger partial charge is 0.164 e. The van der Waals surface area contributed by atoms with Gasteiger partial charge in [-0.05, 0) is 69.3 Å². The fourth-order valence-corrected chi connectivity index (χ4v) is 9.94. The second-order valence-corrected chi connectivity index (χ2v) is 16.0. The molecule has 59 heavy (non-hydrogen) atoms. The topological polar surface area (TPSA) is 64.7 Å². The maximum absolute atomic E-state index is 6.57. The molecule has 0 aliphatic heterocycles. The van der Waals surface area contributed by atoms with Gasteiger partial charge < -0.3 is 4.42 Å². The molecule has 1 aliphatic rings. The molecular formula is C53H32N4OS. The summed E-state index contributed by atoms with van der Waals surface area (Å²) in [6.45, 7) is 0. The lowest BCUT2D eigenvalue weighted by Gasteiger charge is -2.32. The average molecular weight is 773 g/mol. The van der Waals surface area contributed by atoms with Crippen molar-refractivity contribution >= 4 is 43.5 Å². The van der Waals surface area contributed by atoms with E-state index in [1.54, 1.807) is 11.3 Å². The van der Waals surface area contributed by atoms with Crippen molar-refractivity contribution in [1.29, 1.82) is 0 Å². The molecule has 8 aromatic carbocycles. The number of furan rings is 1. The minimum atomic E-state index is -0.802. The van der Waals surface area contributed by atoms with E-state index in [9.17, 15) is 0 Å². The summed E-state index contributed by atoms with van der Waals surface area (Å²) in [6, 6.07) is 67.7. The standard InChI is InChI=1S/C53H32N4OS/c1-4-15-33(16-5-1)49-55-50(57-52(56-49)53(37-19-8-3-9-20-37)42-24-12-10-21-38(42)39-22-11-13-25-43(39)53)40-23-14-26-46-48(40)41-31-35(27-29-45(41)58-46)36-28-30-47-44(32-36)54-51(59-47)34-17-6-2-7-18-34/h1-32H. The summed E-state index contributed by atoms with van der Waals surface area (Å²) < 4.78 is 7.73. The van der Waals surface area contributed by atoms with Gasteiger partial charge in [0.25, 0.3) is 0 Å². The number of rotatable bonds is 6. The summed E-state index contributed by atoms with van der Waals surface area (Å²) in [4.78, 5) is 21.3. The quantitative estimate of drug-likeness (QED) is 0.168. The van der Waals surface area contributed by atoms with E-state index < -0.39 is 5.41 Å². The zero-order chi connectivity index (χ0) is 38.9. The van der Waals surface area contributed by atoms with Gasteiger partial charge in [-0.25, -0.2) is 19.9 Å². The molecule has 0 radical (unpaired) electrons. The van der Waals surface area contributed by atoms with E-state index in [4.69, 9.17) is 24.4 Å². The molecular weight excluding hydrogens is 741 g/mol. The van der Waals surface area contributed by atoms with Crippen LogP contribution in [-0.2, 0) is 5.41 Å². The van der Waals surface area contributed by atoms with Crippen LogP contribution in [0.4, 0.5) is 0 Å². The van der Waals surface area contributed by atoms with Gasteiger partial charge in [-0.1, -0.05) is 164 Å². The summed E-state index contributed by atoms with van der Waals surface area (Å²) in [6.07, 6.45) is 0. The third-order valence-corrected chi connectivity index (χ3v) is 12.7. The maximum Gasteiger partial charge on any atom is 0.164 e. The molecule has 0 saturated carbocycles. The van der Waals surface area contributed by atoms with Crippen molar-refractivity contribution in [2.24, 2.45) is 0 Å². The summed E-state index contributed by atoms with van der Waals surface area (Å²) >= 11 is 1.71. The number of fused-ring (bicyclic) bond motifs is 7. The number of hydrogen-bond acceptors (Lipinski definition) is 6. The van der Waals surface area contributed by atoms with E-state index in [2.05, 4.69) is 158 Å². The number of hydrogen-bond donors (Lipinski definition) is 0. The fourth-order valence-electron chi connectivity index (χ4n) is 8.99. The van der Waals surface area contributed by atoms with Gasteiger partial charge in [0.05, 0.1) is 10.2 Å². The number of aromatic nitrogens is 4. The van der Waals surface area contributed by atoms with Crippen LogP contribution in [0.3, 0.4) is 0 Å². The molecule has 0 spiro atoms. The van der Waals surface area contributed by atoms with Crippen LogP contribution in [-0.4, -0.2) is 19.9 Å². The normalized spacial score (nSPS) is 12.9. The van der Waals surface area contributed by atoms with Gasteiger partial charge in [0.15, 0.2) is 17.5 Å². The first-order chi connectivity index (χ1) is 29.2. The largest absolute Gasteiger partial charge is 0.456 e. The van der Waals surface area contributed by atoms with E-state index in [0.717, 1.165) is 81.7 Å². The summed E-state index contributed by atoms with van der Waals surface area (Å²) in [5, 5.41) is 2.97. The molecule has 3 aromatic heterocycles. The van der Waals surface area contributed by atoms with Crippen LogP contribution in [0.2, 0.25) is 0 Å². The zero-order valence-electron chi connectivity index (χ0n) is 31.6. The van der Waals surface area contributed by atoms with E-state index in [1.807, 2.05) is 36.4 Å². The Bertz CT molecular complexity index is 3350. The van der Waals surface area contributed by atoms with E-state index in [-0.39, 0.29) is 0 Å². The van der Waals surface area contributed by atoms with Gasteiger partial charge in [-0.3, -0.25) is 0 Å². The first-order valence-corrected chi connectivity index (χ1v) is 20.5. The Morgan fingerprint density at radius 2 is 1.03 bits per heavy atom. The first kappa shape index (κ1) is 33.6. The van der Waals surface area contributed by atoms with Crippen LogP contribution in [0.25, 0.3) is 87.8 Å². The van der Waals surface area contributed by atoms with Gasteiger partial charge in [0, 0.05) is 27.5 Å². The molecule has 0 atom stereocenters. The van der Waals surface area contributed by atoms with Crippen molar-refractivity contribution in [2.45, 2.75) is 5.41 Å². The average Bonchev–Trinajstić information content (AvgIpc) is 4.00. The highest BCUT2D eigenvalue weighted by Crippen LogP contribution is 2.55. The number of benzene rings is 8. The molecule has 0 bridgehead atoms. The summed E-state index contributed by atoms with van der Waals surface area (Å²) in [5.41, 5.74) is 12.6. The van der Waals surface area contributed by atoms with Crippen LogP contribution >= 0.6 is 11.3 Å². The van der Waals surface area contributed by atoms with Crippen molar-refractivity contribution < 1.29 is 4.42 Å². The predicted molar refractivity (Wildman–Crippen MR) is 239 cm³/mol. The Morgan fingerprint density at radius 1 is 0.424 bits per heavy atom. The van der Waals surface area contributed by atoms with Crippen LogP contribution in [0.1, 0.15) is 22.5 Å². The summed E-state index contributed by atoms with van der Waals surface area (Å²) in [5.74, 6) is 1.86. The zero-order valence-corrected chi connectivity index (χ0v) is 32.4. The lowest BCUT2D eigenvalue weighted by molar-refractivity contribution is 0.669. The maximum atomic E-state index is 6.57. The van der Waals surface area contributed by atoms with Crippen molar-refractivity contribution in [1.82, 2.24) is 19.9 Å². The Kier molecular flexibility index (Phi) is 7.55. The monoisotopic (exact) mass is 772 g/mol. The van der Waals surface area contributed by atoms with E-state index in [0.29, 0.717) is 17.5 Å². The minimum Gasteiger partial charge on any atom is -0.456 e. The molecule has 276 valence electrons. The Morgan fingerprint density at radius 3 is 1.78 bits per heavy atom. The minimum absolute atomic E-state index is 0.585. The van der Waals surface area contributed by atoms with E-state index >= 15 is 0 Å². The first-order valence-electron chi connectivity index (χ1n) is 19.7. The van der Waals surface area contributed by atoms with Gasteiger partial charge in [-0.15, -0.1) is 11.3 Å². The molecule has 0 saturated heterocycles. The molecule has 0 amide bonds. The highest BCUT2D eigenvalue weighted by Gasteiger charge is 2.48. The molecule has 5 nitrogen and oxygen atoms in total. The Labute approximate surface area is 344 Å². The van der Waals surface area contributed by atoms with Gasteiger partial charge in [-0.2, -0.15) is 0 Å².